The normalized spacial score (nSPS) is 16.0. The van der Waals surface area contributed by atoms with Crippen LogP contribution in [0.15, 0.2) is 59.0 Å². The molecule has 1 amide bonds. The molecule has 1 aliphatic heterocycles. The molecule has 4 heterocycles. The van der Waals surface area contributed by atoms with Crippen LogP contribution in [0.3, 0.4) is 0 Å². The van der Waals surface area contributed by atoms with Crippen LogP contribution in [0.5, 0.6) is 0 Å². The van der Waals surface area contributed by atoms with Crippen LogP contribution in [0.2, 0.25) is 0 Å². The second kappa shape index (κ2) is 10.3. The Hall–Kier alpha value is -3.63. The summed E-state index contributed by atoms with van der Waals surface area (Å²) in [4.78, 5) is 19.2. The Morgan fingerprint density at radius 1 is 1.33 bits per heavy atom. The number of carbonyl (C=O) groups is 1. The van der Waals surface area contributed by atoms with E-state index in [4.69, 9.17) is 9.15 Å². The summed E-state index contributed by atoms with van der Waals surface area (Å²) in [7, 11) is 0. The van der Waals surface area contributed by atoms with E-state index in [0.717, 1.165) is 48.5 Å². The zero-order valence-corrected chi connectivity index (χ0v) is 19.0. The van der Waals surface area contributed by atoms with E-state index in [0.29, 0.717) is 12.3 Å². The maximum Gasteiger partial charge on any atom is 0.265 e. The highest BCUT2D eigenvalue weighted by Gasteiger charge is 2.22. The minimum Gasteiger partial charge on any atom is -0.467 e. The summed E-state index contributed by atoms with van der Waals surface area (Å²) in [5.41, 5.74) is 3.94. The largest absolute Gasteiger partial charge is 0.467 e. The van der Waals surface area contributed by atoms with E-state index >= 15 is 0 Å². The van der Waals surface area contributed by atoms with E-state index in [1.54, 1.807) is 35.7 Å². The van der Waals surface area contributed by atoms with Crippen molar-refractivity contribution in [3.63, 3.8) is 0 Å². The van der Waals surface area contributed by atoms with Crippen LogP contribution >= 0.6 is 0 Å². The molecule has 1 fully saturated rings. The van der Waals surface area contributed by atoms with Gasteiger partial charge in [-0.15, -0.1) is 0 Å². The quantitative estimate of drug-likeness (QED) is 0.380. The molecule has 1 saturated heterocycles. The second-order valence-electron chi connectivity index (χ2n) is 8.34. The summed E-state index contributed by atoms with van der Waals surface area (Å²) in [6, 6.07) is 11.5. The van der Waals surface area contributed by atoms with Crippen molar-refractivity contribution in [1.82, 2.24) is 14.5 Å². The highest BCUT2D eigenvalue weighted by atomic mass is 16.5. The van der Waals surface area contributed by atoms with Crippen LogP contribution in [0.25, 0.3) is 6.08 Å². The molecule has 7 nitrogen and oxygen atoms in total. The SMILES string of the molecule is Cc1cc(/C=C(/C#N)C(=O)N(Cc2cccnc2)Cc2ccco2)c(C)n1CC1CCCO1. The monoisotopic (exact) mass is 444 g/mol. The van der Waals surface area contributed by atoms with Crippen LogP contribution in [-0.2, 0) is 29.2 Å². The third-order valence-corrected chi connectivity index (χ3v) is 5.98. The predicted molar refractivity (Wildman–Crippen MR) is 124 cm³/mol. The number of carbonyl (C=O) groups excluding carboxylic acids is 1. The van der Waals surface area contributed by atoms with Crippen molar-refractivity contribution in [2.24, 2.45) is 0 Å². The average Bonchev–Trinajstić information content (AvgIpc) is 3.58. The van der Waals surface area contributed by atoms with Crippen LogP contribution in [0.1, 0.15) is 41.1 Å². The highest BCUT2D eigenvalue weighted by molar-refractivity contribution is 6.01. The third-order valence-electron chi connectivity index (χ3n) is 5.98. The van der Waals surface area contributed by atoms with Gasteiger partial charge in [0.05, 0.1) is 18.9 Å². The Bertz CT molecular complexity index is 1150. The number of ether oxygens (including phenoxy) is 1. The van der Waals surface area contributed by atoms with E-state index in [2.05, 4.69) is 15.6 Å². The number of aryl methyl sites for hydroxylation is 1. The maximum atomic E-state index is 13.4. The summed E-state index contributed by atoms with van der Waals surface area (Å²) in [5.74, 6) is 0.306. The van der Waals surface area contributed by atoms with Gasteiger partial charge in [0.2, 0.25) is 0 Å². The van der Waals surface area contributed by atoms with E-state index < -0.39 is 0 Å². The predicted octanol–water partition coefficient (Wildman–Crippen LogP) is 4.41. The fourth-order valence-corrected chi connectivity index (χ4v) is 4.22. The van der Waals surface area contributed by atoms with Crippen molar-refractivity contribution < 1.29 is 13.9 Å². The Morgan fingerprint density at radius 3 is 2.88 bits per heavy atom. The lowest BCUT2D eigenvalue weighted by Gasteiger charge is -2.21. The maximum absolute atomic E-state index is 13.4. The van der Waals surface area contributed by atoms with E-state index in [9.17, 15) is 10.1 Å². The van der Waals surface area contributed by atoms with Crippen molar-refractivity contribution in [2.45, 2.75) is 52.4 Å². The molecular formula is C26H28N4O3. The number of aromatic nitrogens is 2. The minimum absolute atomic E-state index is 0.0859. The number of pyridine rings is 1. The third kappa shape index (κ3) is 5.41. The van der Waals surface area contributed by atoms with Crippen LogP contribution in [-0.4, -0.2) is 33.1 Å². The molecule has 0 N–H and O–H groups in total. The van der Waals surface area contributed by atoms with Gasteiger partial charge < -0.3 is 18.6 Å². The van der Waals surface area contributed by atoms with Gasteiger partial charge in [0.25, 0.3) is 5.91 Å². The first-order valence-electron chi connectivity index (χ1n) is 11.2. The topological polar surface area (TPSA) is 84.3 Å². The standard InChI is InChI=1S/C26H28N4O3/c1-19-12-22(20(2)30(19)18-25-8-5-11-33-25)13-23(14-27)26(31)29(17-24-7-4-10-32-24)16-21-6-3-9-28-15-21/h3-4,6-7,9-10,12-13,15,25H,5,8,11,16-18H2,1-2H3/b23-13-. The van der Waals surface area contributed by atoms with Gasteiger partial charge in [0.15, 0.2) is 0 Å². The molecule has 33 heavy (non-hydrogen) atoms. The number of nitriles is 1. The lowest BCUT2D eigenvalue weighted by molar-refractivity contribution is -0.128. The molecule has 0 aliphatic carbocycles. The molecule has 0 radical (unpaired) electrons. The lowest BCUT2D eigenvalue weighted by atomic mass is 10.1. The van der Waals surface area contributed by atoms with Crippen molar-refractivity contribution in [3.8, 4) is 6.07 Å². The molecule has 0 spiro atoms. The molecule has 0 saturated carbocycles. The van der Waals surface area contributed by atoms with E-state index in [1.165, 1.54) is 0 Å². The van der Waals surface area contributed by atoms with Gasteiger partial charge in [-0.2, -0.15) is 5.26 Å². The van der Waals surface area contributed by atoms with E-state index in [1.807, 2.05) is 38.1 Å². The zero-order chi connectivity index (χ0) is 23.2. The molecule has 3 aromatic rings. The zero-order valence-electron chi connectivity index (χ0n) is 19.0. The van der Waals surface area contributed by atoms with Crippen LogP contribution in [0, 0.1) is 25.2 Å². The molecule has 3 aromatic heterocycles. The van der Waals surface area contributed by atoms with Gasteiger partial charge in [-0.1, -0.05) is 6.07 Å². The fraction of sp³-hybridized carbons (Fsp3) is 0.346. The first-order valence-corrected chi connectivity index (χ1v) is 11.2. The molecule has 1 aliphatic rings. The summed E-state index contributed by atoms with van der Waals surface area (Å²) >= 11 is 0. The van der Waals surface area contributed by atoms with Gasteiger partial charge in [0.1, 0.15) is 17.4 Å². The Kier molecular flexibility index (Phi) is 7.06. The van der Waals surface area contributed by atoms with Crippen molar-refractivity contribution >= 4 is 12.0 Å². The Labute approximate surface area is 193 Å². The molecule has 7 heteroatoms. The first kappa shape index (κ1) is 22.6. The highest BCUT2D eigenvalue weighted by Crippen LogP contribution is 2.23. The second-order valence-corrected chi connectivity index (χ2v) is 8.34. The molecule has 0 bridgehead atoms. The summed E-state index contributed by atoms with van der Waals surface area (Å²) in [6.45, 7) is 6.24. The van der Waals surface area contributed by atoms with Gasteiger partial charge in [0, 0.05) is 43.5 Å². The van der Waals surface area contributed by atoms with Gasteiger partial charge >= 0.3 is 0 Å². The molecule has 1 atom stereocenters. The lowest BCUT2D eigenvalue weighted by Crippen LogP contribution is -2.31. The molecule has 170 valence electrons. The smallest absolute Gasteiger partial charge is 0.265 e. The molecule has 0 aromatic carbocycles. The molecular weight excluding hydrogens is 416 g/mol. The first-order chi connectivity index (χ1) is 16.0. The summed E-state index contributed by atoms with van der Waals surface area (Å²) in [6.07, 6.45) is 9.03. The van der Waals surface area contributed by atoms with Gasteiger partial charge in [-0.3, -0.25) is 9.78 Å². The Morgan fingerprint density at radius 2 is 2.21 bits per heavy atom. The van der Waals surface area contributed by atoms with Gasteiger partial charge in [-0.25, -0.2) is 0 Å². The Balaban J connectivity index is 1.60. The molecule has 4 rings (SSSR count). The van der Waals surface area contributed by atoms with E-state index in [-0.39, 0.29) is 24.1 Å². The van der Waals surface area contributed by atoms with Gasteiger partial charge in [-0.05, 0) is 68.2 Å². The molecule has 1 unspecified atom stereocenters. The summed E-state index contributed by atoms with van der Waals surface area (Å²) in [5, 5.41) is 9.87. The fourth-order valence-electron chi connectivity index (χ4n) is 4.22. The number of hydrogen-bond acceptors (Lipinski definition) is 5. The number of nitrogens with zero attached hydrogens (tertiary/aromatic N) is 4. The number of furan rings is 1. The van der Waals surface area contributed by atoms with Crippen LogP contribution < -0.4 is 0 Å². The summed E-state index contributed by atoms with van der Waals surface area (Å²) < 4.78 is 13.5. The average molecular weight is 445 g/mol. The number of amides is 1. The van der Waals surface area contributed by atoms with Crippen molar-refractivity contribution in [3.05, 3.63) is 82.8 Å². The number of rotatable bonds is 8. The number of hydrogen-bond donors (Lipinski definition) is 0. The van der Waals surface area contributed by atoms with Crippen LogP contribution in [0.4, 0.5) is 0 Å². The minimum atomic E-state index is -0.346. The van der Waals surface area contributed by atoms with Crippen molar-refractivity contribution in [1.29, 1.82) is 5.26 Å². The van der Waals surface area contributed by atoms with Crippen molar-refractivity contribution in [2.75, 3.05) is 6.61 Å².